The smallest absolute Gasteiger partial charge is 0.228 e. The van der Waals surface area contributed by atoms with Gasteiger partial charge >= 0.3 is 0 Å². The van der Waals surface area contributed by atoms with Gasteiger partial charge in [0.05, 0.1) is 53.7 Å². The number of sulfonamides is 1. The Hall–Kier alpha value is -3.87. The van der Waals surface area contributed by atoms with Crippen LogP contribution < -0.4 is 15.0 Å². The lowest BCUT2D eigenvalue weighted by atomic mass is 9.86. The van der Waals surface area contributed by atoms with Gasteiger partial charge in [0.15, 0.2) is 5.82 Å². The second-order valence-electron chi connectivity index (χ2n) is 13.3. The minimum atomic E-state index is -3.37. The van der Waals surface area contributed by atoms with Crippen LogP contribution in [-0.4, -0.2) is 109 Å². The van der Waals surface area contributed by atoms with Crippen LogP contribution in [0.3, 0.4) is 0 Å². The molecule has 0 bridgehead atoms. The van der Waals surface area contributed by atoms with E-state index in [0.29, 0.717) is 73.7 Å². The van der Waals surface area contributed by atoms with Crippen molar-refractivity contribution in [2.75, 3.05) is 75.0 Å². The summed E-state index contributed by atoms with van der Waals surface area (Å²) in [6.45, 7) is 5.38. The molecular weight excluding hydrogens is 692 g/mol. The maximum atomic E-state index is 13.0. The van der Waals surface area contributed by atoms with Crippen molar-refractivity contribution in [3.05, 3.63) is 71.3 Å². The summed E-state index contributed by atoms with van der Waals surface area (Å²) in [5.41, 5.74) is 1.34. The number of carbonyl (C=O) groups is 1. The number of ether oxygens (including phenoxy) is 2. The first-order valence-electron chi connectivity index (χ1n) is 17.7. The van der Waals surface area contributed by atoms with Crippen molar-refractivity contribution in [1.82, 2.24) is 24.2 Å². The molecule has 4 heterocycles. The molecule has 13 nitrogen and oxygen atoms in total. The number of nitrogens with zero attached hydrogens (tertiary/aromatic N) is 7. The van der Waals surface area contributed by atoms with E-state index < -0.39 is 10.0 Å². The fourth-order valence-electron chi connectivity index (χ4n) is 6.91. The summed E-state index contributed by atoms with van der Waals surface area (Å²) in [6.07, 6.45) is 9.96. The molecular formula is C36H45ClN8O5S. The minimum Gasteiger partial charge on any atom is -0.490 e. The summed E-state index contributed by atoms with van der Waals surface area (Å²) in [7, 11) is -3.37. The molecule has 0 unspecified atom stereocenters. The number of halogens is 1. The molecule has 2 saturated heterocycles. The van der Waals surface area contributed by atoms with Crippen molar-refractivity contribution >= 4 is 39.2 Å². The summed E-state index contributed by atoms with van der Waals surface area (Å²) < 4.78 is 39.1. The average molecular weight is 737 g/mol. The van der Waals surface area contributed by atoms with Gasteiger partial charge in [-0.2, -0.15) is 9.57 Å². The zero-order valence-corrected chi connectivity index (χ0v) is 30.3. The number of hydrogen-bond acceptors (Lipinski definition) is 11. The Morgan fingerprint density at radius 1 is 0.941 bits per heavy atom. The molecule has 3 aromatic rings. The van der Waals surface area contributed by atoms with Gasteiger partial charge in [-0.15, -0.1) is 0 Å². The first-order valence-corrected chi connectivity index (χ1v) is 19.7. The number of pyridine rings is 1. The number of nitrogens with one attached hydrogen (secondary N) is 1. The topological polar surface area (TPSA) is 154 Å². The predicted octanol–water partition coefficient (Wildman–Crippen LogP) is 4.32. The quantitative estimate of drug-likeness (QED) is 0.250. The molecule has 1 saturated carbocycles. The van der Waals surface area contributed by atoms with Crippen LogP contribution in [0.25, 0.3) is 0 Å². The van der Waals surface area contributed by atoms with Gasteiger partial charge in [0, 0.05) is 56.8 Å². The number of hydrogen-bond donors (Lipinski definition) is 1. The molecule has 51 heavy (non-hydrogen) atoms. The van der Waals surface area contributed by atoms with Crippen LogP contribution in [0.15, 0.2) is 55.0 Å². The monoisotopic (exact) mass is 736 g/mol. The summed E-state index contributed by atoms with van der Waals surface area (Å²) in [5.74, 6) is 2.08. The van der Waals surface area contributed by atoms with Gasteiger partial charge in [-0.1, -0.05) is 17.7 Å². The second kappa shape index (κ2) is 17.6. The predicted molar refractivity (Wildman–Crippen MR) is 194 cm³/mol. The van der Waals surface area contributed by atoms with Crippen LogP contribution in [-0.2, 0) is 19.6 Å². The number of anilines is 2. The third-order valence-corrected chi connectivity index (χ3v) is 12.1. The second-order valence-corrected chi connectivity index (χ2v) is 15.8. The van der Waals surface area contributed by atoms with Gasteiger partial charge in [-0.25, -0.2) is 18.4 Å². The molecule has 2 aromatic heterocycles. The number of aromatic nitrogens is 3. The lowest BCUT2D eigenvalue weighted by Crippen LogP contribution is -2.49. The van der Waals surface area contributed by atoms with Gasteiger partial charge in [-0.3, -0.25) is 9.78 Å². The Balaban J connectivity index is 0.838. The van der Waals surface area contributed by atoms with E-state index >= 15 is 0 Å². The van der Waals surface area contributed by atoms with Gasteiger partial charge in [-0.05, 0) is 75.9 Å². The average Bonchev–Trinajstić information content (AvgIpc) is 3.16. The minimum absolute atomic E-state index is 0.00363. The molecule has 272 valence electrons. The van der Waals surface area contributed by atoms with Gasteiger partial charge in [0.1, 0.15) is 17.6 Å². The maximum absolute atomic E-state index is 13.0. The number of carbonyl (C=O) groups excluding carboxylic acids is 1. The molecule has 2 aliphatic heterocycles. The Morgan fingerprint density at radius 3 is 2.39 bits per heavy atom. The van der Waals surface area contributed by atoms with Gasteiger partial charge in [0.25, 0.3) is 0 Å². The first-order chi connectivity index (χ1) is 24.8. The van der Waals surface area contributed by atoms with Crippen molar-refractivity contribution in [2.24, 2.45) is 5.92 Å². The fourth-order valence-corrected chi connectivity index (χ4v) is 8.43. The zero-order valence-electron chi connectivity index (χ0n) is 28.7. The molecule has 6 rings (SSSR count). The van der Waals surface area contributed by atoms with E-state index in [1.54, 1.807) is 41.1 Å². The van der Waals surface area contributed by atoms with E-state index in [1.807, 2.05) is 24.3 Å². The summed E-state index contributed by atoms with van der Waals surface area (Å²) in [6, 6.07) is 12.9. The molecule has 3 aliphatic rings. The van der Waals surface area contributed by atoms with Crippen LogP contribution in [0.1, 0.15) is 55.7 Å². The normalized spacial score (nSPS) is 20.8. The van der Waals surface area contributed by atoms with Gasteiger partial charge < -0.3 is 24.6 Å². The lowest BCUT2D eigenvalue weighted by Gasteiger charge is -2.34. The molecule has 3 fully saturated rings. The van der Waals surface area contributed by atoms with Crippen molar-refractivity contribution in [3.63, 3.8) is 0 Å². The number of likely N-dealkylation sites (tertiary alicyclic amines) is 1. The third kappa shape index (κ3) is 10.1. The Labute approximate surface area is 305 Å². The summed E-state index contributed by atoms with van der Waals surface area (Å²) in [4.78, 5) is 30.9. The van der Waals surface area contributed by atoms with E-state index in [0.717, 1.165) is 56.8 Å². The van der Waals surface area contributed by atoms with Crippen molar-refractivity contribution in [2.45, 2.75) is 50.5 Å². The number of amides is 1. The standard InChI is InChI=1S/C36H45ClN8O5S/c37-32-23-31(9-6-29(32)24-38)50-30-7-4-28(5-8-30)36(46)42-34-26-40-33(25-41-34)27-10-13-43(14-11-27)19-20-49-21-22-51(47,48)45-17-15-44(16-18-45)35-3-1-2-12-39-35/h1-3,6,9,12,23,25-28,30H,4-5,7-8,10-11,13-22H2,(H,41,42,46). The van der Waals surface area contributed by atoms with Crippen LogP contribution in [0.2, 0.25) is 5.02 Å². The van der Waals surface area contributed by atoms with Crippen LogP contribution in [0.4, 0.5) is 11.6 Å². The highest BCUT2D eigenvalue weighted by Crippen LogP contribution is 2.31. The fraction of sp³-hybridized carbons (Fsp3) is 0.528. The molecule has 1 aliphatic carbocycles. The van der Waals surface area contributed by atoms with Crippen LogP contribution in [0.5, 0.6) is 5.75 Å². The van der Waals surface area contributed by atoms with E-state index in [9.17, 15) is 13.2 Å². The number of nitriles is 1. The van der Waals surface area contributed by atoms with Crippen molar-refractivity contribution < 1.29 is 22.7 Å². The molecule has 0 spiro atoms. The van der Waals surface area contributed by atoms with Gasteiger partial charge in [0.2, 0.25) is 15.9 Å². The van der Waals surface area contributed by atoms with Crippen molar-refractivity contribution in [1.29, 1.82) is 5.26 Å². The van der Waals surface area contributed by atoms with E-state index in [-0.39, 0.29) is 30.3 Å². The maximum Gasteiger partial charge on any atom is 0.228 e. The van der Waals surface area contributed by atoms with Crippen LogP contribution >= 0.6 is 11.6 Å². The number of rotatable bonds is 13. The SMILES string of the molecule is N#Cc1ccc(OC2CCC(C(=O)Nc3cnc(C4CCN(CCOCCS(=O)(=O)N5CCN(c6ccccn6)CC5)CC4)cn3)CC2)cc1Cl. The lowest BCUT2D eigenvalue weighted by molar-refractivity contribution is -0.121. The number of benzene rings is 1. The van der Waals surface area contributed by atoms with Crippen molar-refractivity contribution in [3.8, 4) is 11.8 Å². The molecule has 15 heteroatoms. The summed E-state index contributed by atoms with van der Waals surface area (Å²) in [5, 5.41) is 12.4. The molecule has 0 radical (unpaired) electrons. The number of piperazine rings is 1. The number of piperidine rings is 1. The van der Waals surface area contributed by atoms with E-state index in [4.69, 9.17) is 26.3 Å². The Kier molecular flexibility index (Phi) is 12.7. The third-order valence-electron chi connectivity index (χ3n) is 9.98. The Bertz CT molecular complexity index is 1740. The molecule has 1 aromatic carbocycles. The largest absolute Gasteiger partial charge is 0.490 e. The highest BCUT2D eigenvalue weighted by molar-refractivity contribution is 7.89. The first kappa shape index (κ1) is 36.9. The molecule has 1 N–H and O–H groups in total. The highest BCUT2D eigenvalue weighted by Gasteiger charge is 2.29. The Morgan fingerprint density at radius 2 is 1.73 bits per heavy atom. The molecule has 0 atom stereocenters. The highest BCUT2D eigenvalue weighted by atomic mass is 35.5. The zero-order chi connectivity index (χ0) is 35.6. The molecule has 1 amide bonds. The van der Waals surface area contributed by atoms with E-state index in [1.165, 1.54) is 0 Å². The summed E-state index contributed by atoms with van der Waals surface area (Å²) >= 11 is 6.13. The van der Waals surface area contributed by atoms with E-state index in [2.05, 4.69) is 30.1 Å². The van der Waals surface area contributed by atoms with Crippen LogP contribution in [0, 0.1) is 17.2 Å².